The molecule has 2 aromatic rings. The van der Waals surface area contributed by atoms with Crippen molar-refractivity contribution in [3.05, 3.63) is 58.7 Å². The molecule has 0 aliphatic rings. The Morgan fingerprint density at radius 3 is 1.63 bits per heavy atom. The van der Waals surface area contributed by atoms with Gasteiger partial charge < -0.3 is 0 Å². The van der Waals surface area contributed by atoms with Gasteiger partial charge in [-0.25, -0.2) is 26.3 Å². The molecular weight excluding hydrogens is 384 g/mol. The van der Waals surface area contributed by atoms with Gasteiger partial charge in [0.25, 0.3) is 0 Å². The van der Waals surface area contributed by atoms with Gasteiger partial charge in [0.15, 0.2) is 0 Å². The van der Waals surface area contributed by atoms with Gasteiger partial charge >= 0.3 is 0 Å². The van der Waals surface area contributed by atoms with Gasteiger partial charge in [-0.1, -0.05) is 12.1 Å². The molecular formula is C19H26N2O4S2. The van der Waals surface area contributed by atoms with Gasteiger partial charge in [-0.15, -0.1) is 0 Å². The number of aryl methyl sites for hydroxylation is 4. The fourth-order valence-corrected chi connectivity index (χ4v) is 5.00. The van der Waals surface area contributed by atoms with Crippen LogP contribution in [0.2, 0.25) is 0 Å². The van der Waals surface area contributed by atoms with Crippen LogP contribution in [-0.2, 0) is 20.0 Å². The maximum atomic E-state index is 12.5. The summed E-state index contributed by atoms with van der Waals surface area (Å²) in [6.45, 7) is 9.05. The largest absolute Gasteiger partial charge is 0.240 e. The summed E-state index contributed by atoms with van der Waals surface area (Å²) in [6, 6.07) is 9.15. The van der Waals surface area contributed by atoms with Gasteiger partial charge in [0.05, 0.1) is 9.79 Å². The lowest BCUT2D eigenvalue weighted by molar-refractivity contribution is 0.545. The maximum Gasteiger partial charge on any atom is 0.240 e. The van der Waals surface area contributed by atoms with E-state index >= 15 is 0 Å². The topological polar surface area (TPSA) is 92.3 Å². The zero-order valence-electron chi connectivity index (χ0n) is 16.2. The van der Waals surface area contributed by atoms with Crippen LogP contribution in [0.1, 0.15) is 29.2 Å². The number of sulfonamides is 2. The highest BCUT2D eigenvalue weighted by atomic mass is 32.2. The third kappa shape index (κ3) is 5.38. The fourth-order valence-electron chi connectivity index (χ4n) is 2.45. The van der Waals surface area contributed by atoms with Crippen molar-refractivity contribution in [2.75, 3.05) is 6.54 Å². The Morgan fingerprint density at radius 2 is 1.19 bits per heavy atom. The van der Waals surface area contributed by atoms with Crippen molar-refractivity contribution in [1.82, 2.24) is 9.44 Å². The van der Waals surface area contributed by atoms with E-state index in [-0.39, 0.29) is 16.3 Å². The minimum atomic E-state index is -3.73. The molecule has 0 aliphatic carbocycles. The van der Waals surface area contributed by atoms with E-state index in [0.29, 0.717) is 0 Å². The van der Waals surface area contributed by atoms with Gasteiger partial charge in [0, 0.05) is 12.6 Å². The maximum absolute atomic E-state index is 12.5. The lowest BCUT2D eigenvalue weighted by Crippen LogP contribution is -2.41. The van der Waals surface area contributed by atoms with Gasteiger partial charge in [-0.05, 0) is 81.1 Å². The molecule has 0 heterocycles. The predicted octanol–water partition coefficient (Wildman–Crippen LogP) is 2.57. The Balaban J connectivity index is 2.07. The van der Waals surface area contributed by atoms with E-state index in [1.807, 2.05) is 27.7 Å². The smallest absolute Gasteiger partial charge is 0.210 e. The van der Waals surface area contributed by atoms with Gasteiger partial charge in [0.2, 0.25) is 20.0 Å². The van der Waals surface area contributed by atoms with E-state index in [9.17, 15) is 16.8 Å². The van der Waals surface area contributed by atoms with Crippen LogP contribution in [0.15, 0.2) is 46.2 Å². The number of rotatable bonds is 7. The molecule has 1 atom stereocenters. The van der Waals surface area contributed by atoms with Crippen molar-refractivity contribution in [3.8, 4) is 0 Å². The lowest BCUT2D eigenvalue weighted by atomic mass is 10.1. The van der Waals surface area contributed by atoms with E-state index in [2.05, 4.69) is 9.44 Å². The van der Waals surface area contributed by atoms with Crippen LogP contribution in [0, 0.1) is 27.7 Å². The molecule has 0 aliphatic heterocycles. The van der Waals surface area contributed by atoms with Crippen LogP contribution in [-0.4, -0.2) is 29.4 Å². The fraction of sp³-hybridized carbons (Fsp3) is 0.368. The first-order valence-corrected chi connectivity index (χ1v) is 11.6. The van der Waals surface area contributed by atoms with Crippen LogP contribution in [0.3, 0.4) is 0 Å². The van der Waals surface area contributed by atoms with Crippen molar-refractivity contribution in [1.29, 1.82) is 0 Å². The van der Waals surface area contributed by atoms with Crippen molar-refractivity contribution in [3.63, 3.8) is 0 Å². The first-order valence-electron chi connectivity index (χ1n) is 8.59. The normalized spacial score (nSPS) is 13.5. The van der Waals surface area contributed by atoms with Crippen LogP contribution >= 0.6 is 0 Å². The molecule has 0 spiro atoms. The lowest BCUT2D eigenvalue weighted by Gasteiger charge is -2.16. The number of hydrogen-bond acceptors (Lipinski definition) is 4. The molecule has 0 amide bonds. The van der Waals surface area contributed by atoms with Gasteiger partial charge in [-0.2, -0.15) is 0 Å². The molecule has 0 bridgehead atoms. The molecule has 2 rings (SSSR count). The molecule has 0 radical (unpaired) electrons. The van der Waals surface area contributed by atoms with Crippen molar-refractivity contribution < 1.29 is 16.8 Å². The summed E-state index contributed by atoms with van der Waals surface area (Å²) < 4.78 is 54.8. The summed E-state index contributed by atoms with van der Waals surface area (Å²) in [5, 5.41) is 0. The van der Waals surface area contributed by atoms with Gasteiger partial charge in [0.1, 0.15) is 0 Å². The van der Waals surface area contributed by atoms with Gasteiger partial charge in [-0.3, -0.25) is 0 Å². The Hall–Kier alpha value is -1.74. The third-order valence-corrected chi connectivity index (χ3v) is 7.52. The highest BCUT2D eigenvalue weighted by molar-refractivity contribution is 7.90. The second-order valence-electron chi connectivity index (χ2n) is 6.87. The molecule has 27 heavy (non-hydrogen) atoms. The minimum absolute atomic E-state index is 0.0562. The van der Waals surface area contributed by atoms with Crippen LogP contribution in [0.25, 0.3) is 0 Å². The summed E-state index contributed by atoms with van der Waals surface area (Å²) in [6.07, 6.45) is 0. The van der Waals surface area contributed by atoms with E-state index < -0.39 is 26.1 Å². The summed E-state index contributed by atoms with van der Waals surface area (Å²) in [7, 11) is -7.44. The molecule has 0 aromatic heterocycles. The zero-order chi connectivity index (χ0) is 20.4. The Labute approximate surface area is 162 Å². The zero-order valence-corrected chi connectivity index (χ0v) is 17.8. The second-order valence-corrected chi connectivity index (χ2v) is 10.3. The monoisotopic (exact) mass is 410 g/mol. The molecule has 1 unspecified atom stereocenters. The molecule has 2 aromatic carbocycles. The van der Waals surface area contributed by atoms with E-state index in [0.717, 1.165) is 22.3 Å². The minimum Gasteiger partial charge on any atom is -0.210 e. The van der Waals surface area contributed by atoms with E-state index in [1.54, 1.807) is 31.2 Å². The average molecular weight is 411 g/mol. The first kappa shape index (κ1) is 21.6. The summed E-state index contributed by atoms with van der Waals surface area (Å²) in [5.41, 5.74) is 3.76. The molecule has 0 saturated heterocycles. The number of nitrogens with one attached hydrogen (secondary N) is 2. The standard InChI is InChI=1S/C19H26N2O4S2/c1-13-6-8-18(10-15(13)3)26(22,23)20-12-17(5)21-27(24,25)19-9-7-14(2)16(4)11-19/h6-11,17,20-21H,12H2,1-5H3. The SMILES string of the molecule is Cc1ccc(S(=O)(=O)NCC(C)NS(=O)(=O)c2ccc(C)c(C)c2)cc1C. The van der Waals surface area contributed by atoms with Crippen molar-refractivity contribution >= 4 is 20.0 Å². The summed E-state index contributed by atoms with van der Waals surface area (Å²) in [5.74, 6) is 0. The molecule has 2 N–H and O–H groups in total. The second kappa shape index (κ2) is 8.10. The Kier molecular flexibility index (Phi) is 6.47. The molecule has 0 saturated carbocycles. The highest BCUT2D eigenvalue weighted by Gasteiger charge is 2.20. The predicted molar refractivity (Wildman–Crippen MR) is 107 cm³/mol. The highest BCUT2D eigenvalue weighted by Crippen LogP contribution is 2.16. The molecule has 6 nitrogen and oxygen atoms in total. The Bertz CT molecular complexity index is 1050. The van der Waals surface area contributed by atoms with Crippen molar-refractivity contribution in [2.45, 2.75) is 50.5 Å². The molecule has 0 fully saturated rings. The van der Waals surface area contributed by atoms with Crippen LogP contribution < -0.4 is 9.44 Å². The third-order valence-electron chi connectivity index (χ3n) is 4.51. The Morgan fingerprint density at radius 1 is 0.741 bits per heavy atom. The van der Waals surface area contributed by atoms with Crippen LogP contribution in [0.5, 0.6) is 0 Å². The summed E-state index contributed by atoms with van der Waals surface area (Å²) >= 11 is 0. The summed E-state index contributed by atoms with van der Waals surface area (Å²) in [4.78, 5) is 0.323. The first-order chi connectivity index (χ1) is 12.4. The quantitative estimate of drug-likeness (QED) is 0.734. The molecule has 8 heteroatoms. The van der Waals surface area contributed by atoms with E-state index in [1.165, 1.54) is 12.1 Å². The van der Waals surface area contributed by atoms with Crippen molar-refractivity contribution in [2.24, 2.45) is 0 Å². The average Bonchev–Trinajstić information content (AvgIpc) is 2.57. The number of benzene rings is 2. The molecule has 148 valence electrons. The number of hydrogen-bond donors (Lipinski definition) is 2. The van der Waals surface area contributed by atoms with E-state index in [4.69, 9.17) is 0 Å². The van der Waals surface area contributed by atoms with Crippen LogP contribution in [0.4, 0.5) is 0 Å².